The Balaban J connectivity index is 2.11. The lowest BCUT2D eigenvalue weighted by Gasteiger charge is -2.02. The highest BCUT2D eigenvalue weighted by atomic mass is 15.1. The van der Waals surface area contributed by atoms with Crippen LogP contribution >= 0.6 is 0 Å². The molecule has 1 aromatic heterocycles. The van der Waals surface area contributed by atoms with Crippen LogP contribution in [0.25, 0.3) is 0 Å². The highest BCUT2D eigenvalue weighted by molar-refractivity contribution is 5.58. The fraction of sp³-hybridized carbons (Fsp3) is 0.182. The predicted octanol–water partition coefficient (Wildman–Crippen LogP) is 2.30. The molecule has 0 atom stereocenters. The highest BCUT2D eigenvalue weighted by Gasteiger charge is 1.99. The van der Waals surface area contributed by atoms with Crippen LogP contribution in [0.2, 0.25) is 0 Å². The topological polar surface area (TPSA) is 66.7 Å². The molecule has 0 saturated carbocycles. The quantitative estimate of drug-likeness (QED) is 0.669. The summed E-state index contributed by atoms with van der Waals surface area (Å²) in [5.41, 5.74) is 7.34. The van der Waals surface area contributed by atoms with Gasteiger partial charge in [-0.3, -0.25) is 0 Å². The molecule has 0 aliphatic heterocycles. The number of anilines is 3. The summed E-state index contributed by atoms with van der Waals surface area (Å²) < 4.78 is 0. The molecule has 0 aliphatic carbocycles. The van der Waals surface area contributed by atoms with Gasteiger partial charge in [-0.05, 0) is 24.3 Å². The average Bonchev–Trinajstić information content (AvgIpc) is 2.69. The Morgan fingerprint density at radius 2 is 2.07 bits per heavy atom. The third-order valence-electron chi connectivity index (χ3n) is 2.15. The van der Waals surface area contributed by atoms with Crippen molar-refractivity contribution in [3.8, 4) is 0 Å². The standard InChI is InChI=1S/C11H14N4/c1-2-10-13-7-11(15-10)14-9-5-3-8(12)4-6-9/h3-7,14H,2,12H2,1H3,(H,13,15). The molecule has 2 aromatic rings. The average molecular weight is 202 g/mol. The van der Waals surface area contributed by atoms with E-state index in [1.165, 1.54) is 0 Å². The number of nitrogen functional groups attached to an aromatic ring is 1. The van der Waals surface area contributed by atoms with Crippen molar-refractivity contribution in [1.29, 1.82) is 0 Å². The first kappa shape index (κ1) is 9.58. The molecular formula is C11H14N4. The van der Waals surface area contributed by atoms with Gasteiger partial charge in [0.25, 0.3) is 0 Å². The zero-order chi connectivity index (χ0) is 10.7. The molecule has 0 saturated heterocycles. The fourth-order valence-electron chi connectivity index (χ4n) is 1.32. The van der Waals surface area contributed by atoms with E-state index in [2.05, 4.69) is 22.2 Å². The fourth-order valence-corrected chi connectivity index (χ4v) is 1.32. The second kappa shape index (κ2) is 4.04. The second-order valence-electron chi connectivity index (χ2n) is 3.33. The highest BCUT2D eigenvalue weighted by Crippen LogP contribution is 2.15. The Kier molecular flexibility index (Phi) is 2.58. The summed E-state index contributed by atoms with van der Waals surface area (Å²) in [5.74, 6) is 1.81. The van der Waals surface area contributed by atoms with Gasteiger partial charge in [-0.2, -0.15) is 0 Å². The number of hydrogen-bond donors (Lipinski definition) is 3. The van der Waals surface area contributed by atoms with Crippen LogP contribution in [0, 0.1) is 0 Å². The van der Waals surface area contributed by atoms with Crippen molar-refractivity contribution in [3.05, 3.63) is 36.3 Å². The van der Waals surface area contributed by atoms with E-state index < -0.39 is 0 Å². The number of aromatic nitrogens is 2. The maximum Gasteiger partial charge on any atom is 0.148 e. The number of imidazole rings is 1. The molecule has 0 fully saturated rings. The summed E-state index contributed by atoms with van der Waals surface area (Å²) in [6.07, 6.45) is 2.76. The first-order valence-corrected chi connectivity index (χ1v) is 4.95. The predicted molar refractivity (Wildman–Crippen MR) is 62.1 cm³/mol. The van der Waals surface area contributed by atoms with Gasteiger partial charge in [0.2, 0.25) is 0 Å². The molecule has 4 nitrogen and oxygen atoms in total. The first-order valence-electron chi connectivity index (χ1n) is 4.95. The van der Waals surface area contributed by atoms with Gasteiger partial charge in [0, 0.05) is 24.0 Å². The monoisotopic (exact) mass is 202 g/mol. The molecule has 4 N–H and O–H groups in total. The Morgan fingerprint density at radius 3 is 2.67 bits per heavy atom. The molecule has 0 radical (unpaired) electrons. The smallest absolute Gasteiger partial charge is 0.148 e. The van der Waals surface area contributed by atoms with E-state index in [0.717, 1.165) is 29.4 Å². The van der Waals surface area contributed by atoms with Gasteiger partial charge in [-0.15, -0.1) is 0 Å². The third kappa shape index (κ3) is 2.28. The van der Waals surface area contributed by atoms with E-state index in [0.29, 0.717) is 0 Å². The number of aromatic amines is 1. The van der Waals surface area contributed by atoms with Crippen LogP contribution in [-0.2, 0) is 6.42 Å². The number of nitrogens with zero attached hydrogens (tertiary/aromatic N) is 1. The number of nitrogens with one attached hydrogen (secondary N) is 2. The van der Waals surface area contributed by atoms with Crippen molar-refractivity contribution in [2.24, 2.45) is 0 Å². The summed E-state index contributed by atoms with van der Waals surface area (Å²) in [6.45, 7) is 2.06. The summed E-state index contributed by atoms with van der Waals surface area (Å²) >= 11 is 0. The zero-order valence-corrected chi connectivity index (χ0v) is 8.62. The van der Waals surface area contributed by atoms with E-state index in [9.17, 15) is 0 Å². The van der Waals surface area contributed by atoms with Gasteiger partial charge >= 0.3 is 0 Å². The molecule has 0 amide bonds. The van der Waals surface area contributed by atoms with Gasteiger partial charge in [-0.25, -0.2) is 4.98 Å². The maximum absolute atomic E-state index is 5.60. The van der Waals surface area contributed by atoms with E-state index in [4.69, 9.17) is 5.73 Å². The minimum absolute atomic E-state index is 0.761. The molecule has 1 aromatic carbocycles. The summed E-state index contributed by atoms with van der Waals surface area (Å²) in [7, 11) is 0. The Hall–Kier alpha value is -1.97. The molecule has 0 bridgehead atoms. The lowest BCUT2D eigenvalue weighted by Crippen LogP contribution is -1.91. The number of rotatable bonds is 3. The largest absolute Gasteiger partial charge is 0.399 e. The van der Waals surface area contributed by atoms with Crippen LogP contribution in [0.4, 0.5) is 17.2 Å². The Morgan fingerprint density at radius 1 is 1.33 bits per heavy atom. The van der Waals surface area contributed by atoms with Gasteiger partial charge in [0.1, 0.15) is 11.6 Å². The summed E-state index contributed by atoms with van der Waals surface area (Å²) in [6, 6.07) is 7.57. The van der Waals surface area contributed by atoms with Crippen LogP contribution in [-0.4, -0.2) is 9.97 Å². The zero-order valence-electron chi connectivity index (χ0n) is 8.62. The Bertz CT molecular complexity index is 430. The SMILES string of the molecule is CCc1nc(Nc2ccc(N)cc2)c[nH]1. The number of H-pyrrole nitrogens is 1. The van der Waals surface area contributed by atoms with Crippen LogP contribution in [0.5, 0.6) is 0 Å². The lowest BCUT2D eigenvalue weighted by atomic mass is 10.3. The molecule has 1 heterocycles. The van der Waals surface area contributed by atoms with Crippen molar-refractivity contribution in [1.82, 2.24) is 9.97 Å². The molecule has 78 valence electrons. The lowest BCUT2D eigenvalue weighted by molar-refractivity contribution is 0.990. The molecule has 0 spiro atoms. The van der Waals surface area contributed by atoms with Crippen LogP contribution in [0.15, 0.2) is 30.5 Å². The second-order valence-corrected chi connectivity index (χ2v) is 3.33. The Labute approximate surface area is 88.5 Å². The van der Waals surface area contributed by atoms with Crippen LogP contribution < -0.4 is 11.1 Å². The summed E-state index contributed by atoms with van der Waals surface area (Å²) in [5, 5.41) is 3.19. The minimum Gasteiger partial charge on any atom is -0.399 e. The van der Waals surface area contributed by atoms with Crippen molar-refractivity contribution >= 4 is 17.2 Å². The van der Waals surface area contributed by atoms with Crippen molar-refractivity contribution in [3.63, 3.8) is 0 Å². The maximum atomic E-state index is 5.60. The molecule has 15 heavy (non-hydrogen) atoms. The molecule has 0 unspecified atom stereocenters. The van der Waals surface area contributed by atoms with E-state index in [1.54, 1.807) is 0 Å². The van der Waals surface area contributed by atoms with Crippen molar-refractivity contribution < 1.29 is 0 Å². The molecule has 2 rings (SSSR count). The number of aryl methyl sites for hydroxylation is 1. The van der Waals surface area contributed by atoms with Crippen molar-refractivity contribution in [2.75, 3.05) is 11.1 Å². The number of hydrogen-bond acceptors (Lipinski definition) is 3. The molecule has 0 aliphatic rings. The van der Waals surface area contributed by atoms with Gasteiger partial charge in [0.05, 0.1) is 0 Å². The van der Waals surface area contributed by atoms with Crippen molar-refractivity contribution in [2.45, 2.75) is 13.3 Å². The summed E-state index contributed by atoms with van der Waals surface area (Å²) in [4.78, 5) is 7.44. The minimum atomic E-state index is 0.761. The van der Waals surface area contributed by atoms with Gasteiger partial charge in [-0.1, -0.05) is 6.92 Å². The number of nitrogens with two attached hydrogens (primary N) is 1. The molecule has 4 heteroatoms. The van der Waals surface area contributed by atoms with E-state index in [1.807, 2.05) is 30.5 Å². The van der Waals surface area contributed by atoms with E-state index in [-0.39, 0.29) is 0 Å². The van der Waals surface area contributed by atoms with Gasteiger partial charge in [0.15, 0.2) is 0 Å². The van der Waals surface area contributed by atoms with Gasteiger partial charge < -0.3 is 16.0 Å². The third-order valence-corrected chi connectivity index (χ3v) is 2.15. The van der Waals surface area contributed by atoms with E-state index >= 15 is 0 Å². The van der Waals surface area contributed by atoms with Crippen LogP contribution in [0.1, 0.15) is 12.7 Å². The first-order chi connectivity index (χ1) is 7.28. The van der Waals surface area contributed by atoms with Crippen LogP contribution in [0.3, 0.4) is 0 Å². The number of benzene rings is 1. The normalized spacial score (nSPS) is 10.2. The molecular weight excluding hydrogens is 188 g/mol.